The number of carboxylic acids is 1. The van der Waals surface area contributed by atoms with Crippen molar-refractivity contribution in [3.8, 4) is 0 Å². The lowest BCUT2D eigenvalue weighted by atomic mass is 10.1. The van der Waals surface area contributed by atoms with Crippen LogP contribution < -0.4 is 4.90 Å². The van der Waals surface area contributed by atoms with Crippen molar-refractivity contribution in [3.05, 3.63) is 41.6 Å². The Morgan fingerprint density at radius 2 is 2.26 bits per heavy atom. The number of rotatable bonds is 6. The summed E-state index contributed by atoms with van der Waals surface area (Å²) in [4.78, 5) is 17.0. The van der Waals surface area contributed by atoms with Gasteiger partial charge in [-0.25, -0.2) is 9.78 Å². The molecule has 0 aromatic carbocycles. The molecule has 4 nitrogen and oxygen atoms in total. The summed E-state index contributed by atoms with van der Waals surface area (Å²) >= 11 is 0. The van der Waals surface area contributed by atoms with Gasteiger partial charge in [-0.2, -0.15) is 0 Å². The van der Waals surface area contributed by atoms with E-state index in [-0.39, 0.29) is 0 Å². The third-order valence-corrected chi connectivity index (χ3v) is 2.63. The largest absolute Gasteiger partial charge is 0.478 e. The molecule has 4 heteroatoms. The molecular weight excluding hydrogens is 240 g/mol. The highest BCUT2D eigenvalue weighted by atomic mass is 16.4. The maximum Gasteiger partial charge on any atom is 0.328 e. The zero-order chi connectivity index (χ0) is 14.4. The molecule has 0 spiro atoms. The number of aromatic nitrogens is 1. The van der Waals surface area contributed by atoms with Gasteiger partial charge in [0.2, 0.25) is 0 Å². The van der Waals surface area contributed by atoms with Crippen molar-refractivity contribution in [1.82, 2.24) is 4.98 Å². The fraction of sp³-hybridized carbons (Fsp3) is 0.333. The highest BCUT2D eigenvalue weighted by molar-refractivity contribution is 5.85. The lowest BCUT2D eigenvalue weighted by Gasteiger charge is -2.23. The second-order valence-electron chi connectivity index (χ2n) is 4.55. The minimum atomic E-state index is -0.959. The third kappa shape index (κ3) is 4.58. The minimum Gasteiger partial charge on any atom is -0.478 e. The van der Waals surface area contributed by atoms with Gasteiger partial charge in [0.05, 0.1) is 0 Å². The fourth-order valence-corrected chi connectivity index (χ4v) is 1.84. The average Bonchev–Trinajstić information content (AvgIpc) is 2.33. The van der Waals surface area contributed by atoms with E-state index < -0.39 is 5.97 Å². The Morgan fingerprint density at radius 1 is 1.58 bits per heavy atom. The Labute approximate surface area is 114 Å². The standard InChI is InChI=1S/C15H20N2O2/c1-5-17(10-11(2)3)15-12(4)8-13(9-16-15)6-7-14(18)19/h6-9H,2,5,10H2,1,3-4H3,(H,18,19)/b7-6+. The number of hydrogen-bond donors (Lipinski definition) is 1. The van der Waals surface area contributed by atoms with Gasteiger partial charge in [-0.15, -0.1) is 0 Å². The Bertz CT molecular complexity index is 507. The predicted octanol–water partition coefficient (Wildman–Crippen LogP) is 2.89. The molecule has 19 heavy (non-hydrogen) atoms. The molecule has 0 fully saturated rings. The summed E-state index contributed by atoms with van der Waals surface area (Å²) in [5.74, 6) is -0.0443. The quantitative estimate of drug-likeness (QED) is 0.631. The summed E-state index contributed by atoms with van der Waals surface area (Å²) in [5.41, 5.74) is 2.89. The zero-order valence-electron chi connectivity index (χ0n) is 11.7. The number of carbonyl (C=O) groups is 1. The highest BCUT2D eigenvalue weighted by Gasteiger charge is 2.09. The van der Waals surface area contributed by atoms with E-state index in [0.717, 1.165) is 41.7 Å². The van der Waals surface area contributed by atoms with Crippen LogP contribution in [0.15, 0.2) is 30.5 Å². The Balaban J connectivity index is 2.98. The SMILES string of the molecule is C=C(C)CN(CC)c1ncc(/C=C/C(=O)O)cc1C. The second kappa shape index (κ2) is 6.73. The van der Waals surface area contributed by atoms with E-state index in [2.05, 4.69) is 23.4 Å². The molecule has 1 aromatic rings. The third-order valence-electron chi connectivity index (χ3n) is 2.63. The van der Waals surface area contributed by atoms with Crippen LogP contribution in [0.2, 0.25) is 0 Å². The summed E-state index contributed by atoms with van der Waals surface area (Å²) in [6.07, 6.45) is 4.34. The normalized spacial score (nSPS) is 10.7. The lowest BCUT2D eigenvalue weighted by molar-refractivity contribution is -0.131. The van der Waals surface area contributed by atoms with E-state index in [4.69, 9.17) is 5.11 Å². The summed E-state index contributed by atoms with van der Waals surface area (Å²) < 4.78 is 0. The van der Waals surface area contributed by atoms with Gasteiger partial charge in [0.1, 0.15) is 5.82 Å². The zero-order valence-corrected chi connectivity index (χ0v) is 11.7. The van der Waals surface area contributed by atoms with Gasteiger partial charge in [0.15, 0.2) is 0 Å². The van der Waals surface area contributed by atoms with Crippen LogP contribution in [0.3, 0.4) is 0 Å². The summed E-state index contributed by atoms with van der Waals surface area (Å²) in [5, 5.41) is 8.60. The molecule has 0 saturated heterocycles. The van der Waals surface area contributed by atoms with Crippen LogP contribution in [0.4, 0.5) is 5.82 Å². The van der Waals surface area contributed by atoms with Crippen molar-refractivity contribution >= 4 is 17.9 Å². The molecule has 0 saturated carbocycles. The predicted molar refractivity (Wildman–Crippen MR) is 78.3 cm³/mol. The van der Waals surface area contributed by atoms with Gasteiger partial charge in [-0.1, -0.05) is 12.2 Å². The monoisotopic (exact) mass is 260 g/mol. The number of likely N-dealkylation sites (N-methyl/N-ethyl adjacent to an activating group) is 1. The number of anilines is 1. The smallest absolute Gasteiger partial charge is 0.328 e. The van der Waals surface area contributed by atoms with Crippen molar-refractivity contribution < 1.29 is 9.90 Å². The first-order valence-corrected chi connectivity index (χ1v) is 6.21. The molecular formula is C15H20N2O2. The first kappa shape index (κ1) is 15.0. The summed E-state index contributed by atoms with van der Waals surface area (Å²) in [7, 11) is 0. The number of pyridine rings is 1. The van der Waals surface area contributed by atoms with Gasteiger partial charge in [-0.3, -0.25) is 0 Å². The first-order chi connectivity index (χ1) is 8.93. The topological polar surface area (TPSA) is 53.4 Å². The lowest BCUT2D eigenvalue weighted by Crippen LogP contribution is -2.26. The molecule has 0 aliphatic heterocycles. The van der Waals surface area contributed by atoms with E-state index in [1.807, 2.05) is 19.9 Å². The molecule has 1 N–H and O–H groups in total. The molecule has 0 unspecified atom stereocenters. The van der Waals surface area contributed by atoms with Crippen LogP contribution >= 0.6 is 0 Å². The van der Waals surface area contributed by atoms with Crippen LogP contribution in [0.25, 0.3) is 6.08 Å². The van der Waals surface area contributed by atoms with Crippen LogP contribution in [0.5, 0.6) is 0 Å². The molecule has 0 aliphatic carbocycles. The van der Waals surface area contributed by atoms with Gasteiger partial charge >= 0.3 is 5.97 Å². The molecule has 0 aliphatic rings. The van der Waals surface area contributed by atoms with Crippen LogP contribution in [-0.4, -0.2) is 29.1 Å². The van der Waals surface area contributed by atoms with Crippen molar-refractivity contribution in [2.45, 2.75) is 20.8 Å². The number of hydrogen-bond acceptors (Lipinski definition) is 3. The molecule has 0 atom stereocenters. The summed E-state index contributed by atoms with van der Waals surface area (Å²) in [6, 6.07) is 1.93. The average molecular weight is 260 g/mol. The fourth-order valence-electron chi connectivity index (χ4n) is 1.84. The van der Waals surface area contributed by atoms with Gasteiger partial charge in [0.25, 0.3) is 0 Å². The Hall–Kier alpha value is -2.10. The van der Waals surface area contributed by atoms with E-state index in [9.17, 15) is 4.79 Å². The van der Waals surface area contributed by atoms with Gasteiger partial charge in [-0.05, 0) is 44.0 Å². The number of carboxylic acid groups (broad SMARTS) is 1. The van der Waals surface area contributed by atoms with Gasteiger partial charge < -0.3 is 10.0 Å². The summed E-state index contributed by atoms with van der Waals surface area (Å²) in [6.45, 7) is 11.6. The molecule has 1 heterocycles. The van der Waals surface area contributed by atoms with Crippen molar-refractivity contribution in [1.29, 1.82) is 0 Å². The number of nitrogens with zero attached hydrogens (tertiary/aromatic N) is 2. The van der Waals surface area contributed by atoms with Crippen LogP contribution in [0.1, 0.15) is 25.0 Å². The van der Waals surface area contributed by atoms with E-state index in [0.29, 0.717) is 0 Å². The highest BCUT2D eigenvalue weighted by Crippen LogP contribution is 2.19. The van der Waals surface area contributed by atoms with Gasteiger partial charge in [0, 0.05) is 25.4 Å². The van der Waals surface area contributed by atoms with E-state index in [1.165, 1.54) is 0 Å². The number of aliphatic carboxylic acids is 1. The van der Waals surface area contributed by atoms with Crippen molar-refractivity contribution in [2.75, 3.05) is 18.0 Å². The second-order valence-corrected chi connectivity index (χ2v) is 4.55. The molecule has 0 radical (unpaired) electrons. The molecule has 0 bridgehead atoms. The maximum atomic E-state index is 10.5. The van der Waals surface area contributed by atoms with Crippen molar-refractivity contribution in [3.63, 3.8) is 0 Å². The molecule has 1 rings (SSSR count). The molecule has 102 valence electrons. The Morgan fingerprint density at radius 3 is 2.74 bits per heavy atom. The van der Waals surface area contributed by atoms with Crippen LogP contribution in [-0.2, 0) is 4.79 Å². The first-order valence-electron chi connectivity index (χ1n) is 6.21. The Kier molecular flexibility index (Phi) is 5.30. The molecule has 1 aromatic heterocycles. The van der Waals surface area contributed by atoms with E-state index in [1.54, 1.807) is 12.3 Å². The van der Waals surface area contributed by atoms with Crippen LogP contribution in [0, 0.1) is 6.92 Å². The van der Waals surface area contributed by atoms with Crippen molar-refractivity contribution in [2.24, 2.45) is 0 Å². The molecule has 0 amide bonds. The van der Waals surface area contributed by atoms with E-state index >= 15 is 0 Å². The number of aryl methyl sites for hydroxylation is 1. The maximum absolute atomic E-state index is 10.5. The minimum absolute atomic E-state index is 0.772.